The summed E-state index contributed by atoms with van der Waals surface area (Å²) in [5, 5.41) is 10.4. The Hall–Kier alpha value is -1.65. The number of hydrogen-bond acceptors (Lipinski definition) is 3. The van der Waals surface area contributed by atoms with Crippen molar-refractivity contribution in [3.05, 3.63) is 38.3 Å². The van der Waals surface area contributed by atoms with Crippen LogP contribution in [0.5, 0.6) is 0 Å². The molecule has 1 aromatic rings. The molecule has 5 nitrogen and oxygen atoms in total. The van der Waals surface area contributed by atoms with Crippen LogP contribution in [-0.4, -0.2) is 9.49 Å². The van der Waals surface area contributed by atoms with Crippen LogP contribution in [-0.2, 0) is 6.54 Å². The molecule has 0 amide bonds. The first-order valence-corrected chi connectivity index (χ1v) is 3.92. The Morgan fingerprint density at radius 3 is 2.62 bits per heavy atom. The van der Waals surface area contributed by atoms with Crippen LogP contribution in [0, 0.1) is 17.0 Å². The standard InChI is InChI=1S/C8H10N2O3/c1-3-9-6(2)4-5-7(8(9)11)10(12)13/h4-5H,3H2,1-2H3. The van der Waals surface area contributed by atoms with Gasteiger partial charge in [-0.05, 0) is 19.9 Å². The van der Waals surface area contributed by atoms with E-state index in [4.69, 9.17) is 0 Å². The summed E-state index contributed by atoms with van der Waals surface area (Å²) in [6.07, 6.45) is 0. The predicted octanol–water partition coefficient (Wildman–Crippen LogP) is 1.08. The summed E-state index contributed by atoms with van der Waals surface area (Å²) in [7, 11) is 0. The van der Waals surface area contributed by atoms with Crippen LogP contribution >= 0.6 is 0 Å². The van der Waals surface area contributed by atoms with Crippen LogP contribution in [0.2, 0.25) is 0 Å². The van der Waals surface area contributed by atoms with Crippen molar-refractivity contribution in [2.45, 2.75) is 20.4 Å². The average molecular weight is 182 g/mol. The summed E-state index contributed by atoms with van der Waals surface area (Å²) < 4.78 is 1.37. The Morgan fingerprint density at radius 1 is 1.54 bits per heavy atom. The second-order valence-corrected chi connectivity index (χ2v) is 2.67. The van der Waals surface area contributed by atoms with E-state index in [9.17, 15) is 14.9 Å². The molecule has 0 aliphatic carbocycles. The normalized spacial score (nSPS) is 10.0. The number of hydrogen-bond donors (Lipinski definition) is 0. The molecule has 0 aliphatic heterocycles. The number of aromatic nitrogens is 1. The summed E-state index contributed by atoms with van der Waals surface area (Å²) >= 11 is 0. The van der Waals surface area contributed by atoms with Crippen molar-refractivity contribution in [1.82, 2.24) is 4.57 Å². The topological polar surface area (TPSA) is 65.1 Å². The van der Waals surface area contributed by atoms with Gasteiger partial charge in [-0.25, -0.2) is 0 Å². The number of pyridine rings is 1. The molecule has 1 rings (SSSR count). The number of rotatable bonds is 2. The van der Waals surface area contributed by atoms with Gasteiger partial charge in [0, 0.05) is 18.3 Å². The number of nitrogens with zero attached hydrogens (tertiary/aromatic N) is 2. The van der Waals surface area contributed by atoms with E-state index in [-0.39, 0.29) is 5.69 Å². The summed E-state index contributed by atoms with van der Waals surface area (Å²) in [4.78, 5) is 21.1. The third kappa shape index (κ3) is 1.58. The maximum Gasteiger partial charge on any atom is 0.334 e. The molecule has 0 saturated carbocycles. The van der Waals surface area contributed by atoms with Crippen LogP contribution in [0.15, 0.2) is 16.9 Å². The maximum atomic E-state index is 11.4. The van der Waals surface area contributed by atoms with Crippen LogP contribution in [0.4, 0.5) is 5.69 Å². The van der Waals surface area contributed by atoms with Gasteiger partial charge in [0.25, 0.3) is 0 Å². The van der Waals surface area contributed by atoms with Gasteiger partial charge < -0.3 is 4.57 Å². The largest absolute Gasteiger partial charge is 0.334 e. The summed E-state index contributed by atoms with van der Waals surface area (Å²) in [5.41, 5.74) is -0.168. The smallest absolute Gasteiger partial charge is 0.307 e. The van der Waals surface area contributed by atoms with E-state index in [0.29, 0.717) is 6.54 Å². The van der Waals surface area contributed by atoms with Crippen LogP contribution < -0.4 is 5.56 Å². The molecule has 70 valence electrons. The van der Waals surface area contributed by atoms with Crippen molar-refractivity contribution >= 4 is 5.69 Å². The zero-order valence-electron chi connectivity index (χ0n) is 7.48. The van der Waals surface area contributed by atoms with E-state index in [2.05, 4.69) is 0 Å². The monoisotopic (exact) mass is 182 g/mol. The molecule has 1 aromatic heterocycles. The molecule has 0 saturated heterocycles. The van der Waals surface area contributed by atoms with E-state index in [0.717, 1.165) is 5.69 Å². The third-order valence-corrected chi connectivity index (χ3v) is 1.89. The van der Waals surface area contributed by atoms with Gasteiger partial charge in [0.15, 0.2) is 0 Å². The minimum absolute atomic E-state index is 0.368. The first kappa shape index (κ1) is 9.44. The second kappa shape index (κ2) is 3.38. The van der Waals surface area contributed by atoms with Crippen molar-refractivity contribution in [3.8, 4) is 0 Å². The molecule has 0 aliphatic rings. The Kier molecular flexibility index (Phi) is 2.46. The molecular weight excluding hydrogens is 172 g/mol. The van der Waals surface area contributed by atoms with Gasteiger partial charge in [0.2, 0.25) is 0 Å². The SMILES string of the molecule is CCn1c(C)ccc([N+](=O)[O-])c1=O. The van der Waals surface area contributed by atoms with Crippen LogP contribution in [0.25, 0.3) is 0 Å². The van der Waals surface area contributed by atoms with Crippen molar-refractivity contribution in [2.24, 2.45) is 0 Å². The van der Waals surface area contributed by atoms with Crippen molar-refractivity contribution in [3.63, 3.8) is 0 Å². The van der Waals surface area contributed by atoms with Gasteiger partial charge in [0.1, 0.15) is 0 Å². The molecule has 0 unspecified atom stereocenters. The Bertz CT molecular complexity index is 395. The fourth-order valence-corrected chi connectivity index (χ4v) is 1.19. The lowest BCUT2D eigenvalue weighted by Crippen LogP contribution is -2.23. The van der Waals surface area contributed by atoms with E-state index < -0.39 is 10.5 Å². The second-order valence-electron chi connectivity index (χ2n) is 2.67. The fraction of sp³-hybridized carbons (Fsp3) is 0.375. The number of aryl methyl sites for hydroxylation is 1. The summed E-state index contributed by atoms with van der Waals surface area (Å²) in [6.45, 7) is 3.97. The Balaban J connectivity index is 3.45. The molecular formula is C8H10N2O3. The van der Waals surface area contributed by atoms with Crippen LogP contribution in [0.1, 0.15) is 12.6 Å². The lowest BCUT2D eigenvalue weighted by Gasteiger charge is -2.04. The zero-order chi connectivity index (χ0) is 10.0. The van der Waals surface area contributed by atoms with Crippen molar-refractivity contribution in [1.29, 1.82) is 0 Å². The Morgan fingerprint density at radius 2 is 2.15 bits per heavy atom. The fourth-order valence-electron chi connectivity index (χ4n) is 1.19. The molecule has 0 aromatic carbocycles. The minimum atomic E-state index is -0.659. The highest BCUT2D eigenvalue weighted by Crippen LogP contribution is 2.05. The van der Waals surface area contributed by atoms with Gasteiger partial charge in [-0.1, -0.05) is 0 Å². The van der Waals surface area contributed by atoms with Gasteiger partial charge >= 0.3 is 11.2 Å². The lowest BCUT2D eigenvalue weighted by atomic mass is 10.3. The molecule has 1 heterocycles. The molecule has 0 fully saturated rings. The maximum absolute atomic E-state index is 11.4. The third-order valence-electron chi connectivity index (χ3n) is 1.89. The predicted molar refractivity (Wildman–Crippen MR) is 47.8 cm³/mol. The van der Waals surface area contributed by atoms with E-state index in [1.54, 1.807) is 19.9 Å². The van der Waals surface area contributed by atoms with Gasteiger partial charge in [-0.3, -0.25) is 14.9 Å². The molecule has 0 radical (unpaired) electrons. The van der Waals surface area contributed by atoms with E-state index >= 15 is 0 Å². The molecule has 0 atom stereocenters. The molecule has 5 heteroatoms. The quantitative estimate of drug-likeness (QED) is 0.507. The van der Waals surface area contributed by atoms with E-state index in [1.165, 1.54) is 10.6 Å². The average Bonchev–Trinajstić information content (AvgIpc) is 2.04. The summed E-state index contributed by atoms with van der Waals surface area (Å²) in [5.74, 6) is 0. The van der Waals surface area contributed by atoms with Crippen LogP contribution in [0.3, 0.4) is 0 Å². The molecule has 0 bridgehead atoms. The Labute approximate surface area is 74.8 Å². The minimum Gasteiger partial charge on any atom is -0.307 e. The molecule has 0 spiro atoms. The van der Waals surface area contributed by atoms with Gasteiger partial charge in [0.05, 0.1) is 4.92 Å². The highest BCUT2D eigenvalue weighted by molar-refractivity contribution is 5.27. The van der Waals surface area contributed by atoms with E-state index in [1.807, 2.05) is 0 Å². The summed E-state index contributed by atoms with van der Waals surface area (Å²) in [6, 6.07) is 2.81. The first-order chi connectivity index (χ1) is 6.07. The highest BCUT2D eigenvalue weighted by atomic mass is 16.6. The first-order valence-electron chi connectivity index (χ1n) is 3.92. The van der Waals surface area contributed by atoms with Crippen molar-refractivity contribution in [2.75, 3.05) is 0 Å². The number of nitro groups is 1. The van der Waals surface area contributed by atoms with Gasteiger partial charge in [-0.15, -0.1) is 0 Å². The molecule has 0 N–H and O–H groups in total. The van der Waals surface area contributed by atoms with Gasteiger partial charge in [-0.2, -0.15) is 0 Å². The molecule has 13 heavy (non-hydrogen) atoms. The zero-order valence-corrected chi connectivity index (χ0v) is 7.48. The highest BCUT2D eigenvalue weighted by Gasteiger charge is 2.13. The lowest BCUT2D eigenvalue weighted by molar-refractivity contribution is -0.386. The van der Waals surface area contributed by atoms with Crippen molar-refractivity contribution < 1.29 is 4.92 Å².